The Bertz CT molecular complexity index is 434. The SMILES string of the molecule is N#Cc1nccn1CCc1cn[nH]c1. The highest BCUT2D eigenvalue weighted by molar-refractivity contribution is 5.12. The monoisotopic (exact) mass is 187 g/mol. The van der Waals surface area contributed by atoms with E-state index in [0.29, 0.717) is 5.82 Å². The van der Waals surface area contributed by atoms with Crippen LogP contribution in [0.5, 0.6) is 0 Å². The van der Waals surface area contributed by atoms with Crippen molar-refractivity contribution in [3.8, 4) is 6.07 Å². The molecule has 14 heavy (non-hydrogen) atoms. The standard InChI is InChI=1S/C9H9N5/c10-5-9-11-2-4-14(9)3-1-8-6-12-13-7-8/h2,4,6-7H,1,3H2,(H,12,13). The zero-order valence-electron chi connectivity index (χ0n) is 7.51. The van der Waals surface area contributed by atoms with Crippen molar-refractivity contribution in [2.45, 2.75) is 13.0 Å². The van der Waals surface area contributed by atoms with E-state index in [4.69, 9.17) is 5.26 Å². The summed E-state index contributed by atoms with van der Waals surface area (Å²) in [6, 6.07) is 2.03. The van der Waals surface area contributed by atoms with E-state index in [0.717, 1.165) is 18.5 Å². The van der Waals surface area contributed by atoms with Crippen molar-refractivity contribution in [1.29, 1.82) is 5.26 Å². The molecular formula is C9H9N5. The van der Waals surface area contributed by atoms with E-state index in [-0.39, 0.29) is 0 Å². The molecule has 5 heteroatoms. The summed E-state index contributed by atoms with van der Waals surface area (Å²) in [5.74, 6) is 0.452. The van der Waals surface area contributed by atoms with E-state index in [9.17, 15) is 0 Å². The minimum atomic E-state index is 0.452. The third-order valence-corrected chi connectivity index (χ3v) is 2.01. The van der Waals surface area contributed by atoms with Crippen LogP contribution in [0.2, 0.25) is 0 Å². The molecule has 0 fully saturated rings. The predicted molar refractivity (Wildman–Crippen MR) is 49.2 cm³/mol. The van der Waals surface area contributed by atoms with E-state index in [1.807, 2.05) is 16.8 Å². The number of imidazole rings is 1. The minimum Gasteiger partial charge on any atom is -0.322 e. The second kappa shape index (κ2) is 3.75. The van der Waals surface area contributed by atoms with Crippen molar-refractivity contribution >= 4 is 0 Å². The maximum Gasteiger partial charge on any atom is 0.212 e. The molecule has 0 aromatic carbocycles. The number of H-pyrrole nitrogens is 1. The Kier molecular flexibility index (Phi) is 2.28. The zero-order chi connectivity index (χ0) is 9.80. The van der Waals surface area contributed by atoms with Crippen LogP contribution >= 0.6 is 0 Å². The number of aromatic nitrogens is 4. The quantitative estimate of drug-likeness (QED) is 0.769. The van der Waals surface area contributed by atoms with Crippen LogP contribution in [0.3, 0.4) is 0 Å². The molecule has 0 bridgehead atoms. The van der Waals surface area contributed by atoms with Gasteiger partial charge >= 0.3 is 0 Å². The molecule has 0 spiro atoms. The number of hydrogen-bond acceptors (Lipinski definition) is 3. The molecule has 0 aliphatic heterocycles. The van der Waals surface area contributed by atoms with Gasteiger partial charge in [0.1, 0.15) is 6.07 Å². The second-order valence-corrected chi connectivity index (χ2v) is 2.91. The van der Waals surface area contributed by atoms with Gasteiger partial charge in [0.15, 0.2) is 0 Å². The van der Waals surface area contributed by atoms with Crippen LogP contribution in [0.4, 0.5) is 0 Å². The molecule has 0 amide bonds. The molecule has 2 aromatic heterocycles. The molecule has 0 saturated heterocycles. The second-order valence-electron chi connectivity index (χ2n) is 2.91. The van der Waals surface area contributed by atoms with Gasteiger partial charge in [-0.15, -0.1) is 0 Å². The van der Waals surface area contributed by atoms with Crippen LogP contribution < -0.4 is 0 Å². The molecule has 70 valence electrons. The Morgan fingerprint density at radius 1 is 1.57 bits per heavy atom. The highest BCUT2D eigenvalue weighted by Crippen LogP contribution is 2.01. The van der Waals surface area contributed by atoms with Crippen LogP contribution in [0.25, 0.3) is 0 Å². The summed E-state index contributed by atoms with van der Waals surface area (Å²) in [7, 11) is 0. The van der Waals surface area contributed by atoms with E-state index < -0.39 is 0 Å². The molecule has 0 radical (unpaired) electrons. The van der Waals surface area contributed by atoms with Crippen LogP contribution in [-0.2, 0) is 13.0 Å². The van der Waals surface area contributed by atoms with Crippen LogP contribution in [0.15, 0.2) is 24.8 Å². The molecule has 5 nitrogen and oxygen atoms in total. The van der Waals surface area contributed by atoms with Crippen LogP contribution in [-0.4, -0.2) is 19.7 Å². The molecule has 0 aliphatic rings. The maximum absolute atomic E-state index is 8.71. The summed E-state index contributed by atoms with van der Waals surface area (Å²) < 4.78 is 1.83. The fraction of sp³-hybridized carbons (Fsp3) is 0.222. The Hall–Kier alpha value is -2.09. The number of aryl methyl sites for hydroxylation is 2. The lowest BCUT2D eigenvalue weighted by Crippen LogP contribution is -2.02. The van der Waals surface area contributed by atoms with Crippen molar-refractivity contribution in [3.05, 3.63) is 36.2 Å². The van der Waals surface area contributed by atoms with Gasteiger partial charge in [0.25, 0.3) is 0 Å². The Morgan fingerprint density at radius 2 is 2.50 bits per heavy atom. The van der Waals surface area contributed by atoms with Gasteiger partial charge in [-0.25, -0.2) is 4.98 Å². The number of nitriles is 1. The Labute approximate surface area is 81.0 Å². The smallest absolute Gasteiger partial charge is 0.212 e. The van der Waals surface area contributed by atoms with Gasteiger partial charge < -0.3 is 4.57 Å². The first kappa shape index (κ1) is 8.51. The van der Waals surface area contributed by atoms with Gasteiger partial charge in [-0.1, -0.05) is 0 Å². The average molecular weight is 187 g/mol. The first-order chi connectivity index (χ1) is 6.90. The first-order valence-corrected chi connectivity index (χ1v) is 4.29. The molecule has 1 N–H and O–H groups in total. The van der Waals surface area contributed by atoms with Gasteiger partial charge in [-0.05, 0) is 12.0 Å². The molecule has 0 aliphatic carbocycles. The largest absolute Gasteiger partial charge is 0.322 e. The lowest BCUT2D eigenvalue weighted by molar-refractivity contribution is 0.686. The number of hydrogen-bond donors (Lipinski definition) is 1. The molecule has 2 aromatic rings. The summed E-state index contributed by atoms with van der Waals surface area (Å²) in [5, 5.41) is 15.3. The number of nitrogens with zero attached hydrogens (tertiary/aromatic N) is 4. The summed E-state index contributed by atoms with van der Waals surface area (Å²) in [6.07, 6.45) is 7.92. The molecule has 0 saturated carbocycles. The van der Waals surface area contributed by atoms with E-state index in [1.165, 1.54) is 0 Å². The molecule has 0 unspecified atom stereocenters. The van der Waals surface area contributed by atoms with Gasteiger partial charge in [0, 0.05) is 25.1 Å². The molecule has 0 atom stereocenters. The van der Waals surface area contributed by atoms with Gasteiger partial charge in [-0.3, -0.25) is 5.10 Å². The topological polar surface area (TPSA) is 70.3 Å². The number of nitrogens with one attached hydrogen (secondary N) is 1. The normalized spacial score (nSPS) is 9.93. The van der Waals surface area contributed by atoms with Crippen molar-refractivity contribution in [1.82, 2.24) is 19.7 Å². The summed E-state index contributed by atoms with van der Waals surface area (Å²) in [5.41, 5.74) is 1.13. The summed E-state index contributed by atoms with van der Waals surface area (Å²) in [4.78, 5) is 3.91. The van der Waals surface area contributed by atoms with Gasteiger partial charge in [0.05, 0.1) is 6.20 Å². The highest BCUT2D eigenvalue weighted by atomic mass is 15.1. The minimum absolute atomic E-state index is 0.452. The number of aromatic amines is 1. The Balaban J connectivity index is 2.02. The summed E-state index contributed by atoms with van der Waals surface area (Å²) in [6.45, 7) is 0.752. The summed E-state index contributed by atoms with van der Waals surface area (Å²) >= 11 is 0. The predicted octanol–water partition coefficient (Wildman–Crippen LogP) is 0.721. The fourth-order valence-corrected chi connectivity index (χ4v) is 1.27. The van der Waals surface area contributed by atoms with E-state index >= 15 is 0 Å². The van der Waals surface area contributed by atoms with Crippen molar-refractivity contribution in [2.75, 3.05) is 0 Å². The average Bonchev–Trinajstić information content (AvgIpc) is 2.85. The molecule has 2 rings (SSSR count). The first-order valence-electron chi connectivity index (χ1n) is 4.29. The third-order valence-electron chi connectivity index (χ3n) is 2.01. The highest BCUT2D eigenvalue weighted by Gasteiger charge is 2.01. The fourth-order valence-electron chi connectivity index (χ4n) is 1.27. The lowest BCUT2D eigenvalue weighted by atomic mass is 10.2. The molecule has 2 heterocycles. The van der Waals surface area contributed by atoms with Gasteiger partial charge in [0.2, 0.25) is 5.82 Å². The lowest BCUT2D eigenvalue weighted by Gasteiger charge is -2.00. The third kappa shape index (κ3) is 1.64. The van der Waals surface area contributed by atoms with E-state index in [1.54, 1.807) is 18.6 Å². The van der Waals surface area contributed by atoms with Crippen molar-refractivity contribution in [3.63, 3.8) is 0 Å². The van der Waals surface area contributed by atoms with Gasteiger partial charge in [-0.2, -0.15) is 10.4 Å². The molecular weight excluding hydrogens is 178 g/mol. The number of rotatable bonds is 3. The Morgan fingerprint density at radius 3 is 3.21 bits per heavy atom. The van der Waals surface area contributed by atoms with Crippen molar-refractivity contribution < 1.29 is 0 Å². The maximum atomic E-state index is 8.71. The van der Waals surface area contributed by atoms with E-state index in [2.05, 4.69) is 15.2 Å². The van der Waals surface area contributed by atoms with Crippen LogP contribution in [0, 0.1) is 11.3 Å². The van der Waals surface area contributed by atoms with Crippen molar-refractivity contribution in [2.24, 2.45) is 0 Å². The zero-order valence-corrected chi connectivity index (χ0v) is 7.51. The van der Waals surface area contributed by atoms with Crippen LogP contribution in [0.1, 0.15) is 11.4 Å².